The van der Waals surface area contributed by atoms with E-state index in [1.165, 1.54) is 23.1 Å². The summed E-state index contributed by atoms with van der Waals surface area (Å²) in [5.41, 5.74) is 9.00. The molecule has 9 heteroatoms. The number of anilines is 1. The van der Waals surface area contributed by atoms with Crippen molar-refractivity contribution in [2.24, 2.45) is 5.73 Å². The molecular weight excluding hydrogens is 478 g/mol. The van der Waals surface area contributed by atoms with Gasteiger partial charge in [-0.05, 0) is 50.3 Å². The van der Waals surface area contributed by atoms with E-state index in [4.69, 9.17) is 5.73 Å². The summed E-state index contributed by atoms with van der Waals surface area (Å²) in [6.45, 7) is 1.82. The average Bonchev–Trinajstić information content (AvgIpc) is 3.46. The normalized spacial score (nSPS) is 13.7. The fourth-order valence-electron chi connectivity index (χ4n) is 4.27. The third kappa shape index (κ3) is 4.74. The lowest BCUT2D eigenvalue weighted by Crippen LogP contribution is -2.24. The quantitative estimate of drug-likeness (QED) is 0.342. The Morgan fingerprint density at radius 1 is 1.03 bits per heavy atom. The molecule has 35 heavy (non-hydrogen) atoms. The first kappa shape index (κ1) is 23.3. The summed E-state index contributed by atoms with van der Waals surface area (Å²) in [7, 11) is 0. The van der Waals surface area contributed by atoms with Gasteiger partial charge in [0.2, 0.25) is 5.91 Å². The molecule has 1 atom stereocenters. The van der Waals surface area contributed by atoms with Crippen molar-refractivity contribution < 1.29 is 9.59 Å². The smallest absolute Gasteiger partial charge is 0.251 e. The Morgan fingerprint density at radius 2 is 1.71 bits per heavy atom. The molecule has 0 aliphatic heterocycles. The number of amides is 2. The SMILES string of the molecule is CC(Sc1nnc(-c2ccccc2)n1-c1ccccc1)C(=O)Nc1sc2c(c1C(N)=O)CCCC2. The summed E-state index contributed by atoms with van der Waals surface area (Å²) in [6, 6.07) is 19.7. The molecule has 0 saturated carbocycles. The third-order valence-electron chi connectivity index (χ3n) is 5.99. The molecule has 178 valence electrons. The van der Waals surface area contributed by atoms with E-state index in [0.717, 1.165) is 47.4 Å². The van der Waals surface area contributed by atoms with Crippen LogP contribution >= 0.6 is 23.1 Å². The Labute approximate surface area is 211 Å². The summed E-state index contributed by atoms with van der Waals surface area (Å²) in [5.74, 6) is 0.00477. The molecule has 0 saturated heterocycles. The number of para-hydroxylation sites is 1. The molecule has 2 aromatic carbocycles. The molecule has 0 spiro atoms. The van der Waals surface area contributed by atoms with Gasteiger partial charge in [-0.1, -0.05) is 60.3 Å². The van der Waals surface area contributed by atoms with Crippen LogP contribution in [0, 0.1) is 0 Å². The number of carbonyl (C=O) groups is 2. The summed E-state index contributed by atoms with van der Waals surface area (Å²) in [6.07, 6.45) is 3.86. The monoisotopic (exact) mass is 503 g/mol. The Morgan fingerprint density at radius 3 is 2.43 bits per heavy atom. The van der Waals surface area contributed by atoms with Crippen molar-refractivity contribution in [3.63, 3.8) is 0 Å². The van der Waals surface area contributed by atoms with E-state index in [0.29, 0.717) is 21.5 Å². The number of thiophene rings is 1. The molecular formula is C26H25N5O2S2. The standard InChI is InChI=1S/C26H25N5O2S2/c1-16(24(33)28-25-21(22(27)32)19-14-8-9-15-20(19)35-25)34-26-30-29-23(17-10-4-2-5-11-17)31(26)18-12-6-3-7-13-18/h2-7,10-13,16H,8-9,14-15H2,1H3,(H2,27,32)(H,28,33). The maximum atomic E-state index is 13.2. The van der Waals surface area contributed by atoms with E-state index in [-0.39, 0.29) is 5.91 Å². The van der Waals surface area contributed by atoms with Gasteiger partial charge in [-0.2, -0.15) is 0 Å². The number of nitrogens with one attached hydrogen (secondary N) is 1. The lowest BCUT2D eigenvalue weighted by atomic mass is 9.95. The summed E-state index contributed by atoms with van der Waals surface area (Å²) < 4.78 is 1.96. The highest BCUT2D eigenvalue weighted by Crippen LogP contribution is 2.38. The molecule has 5 rings (SSSR count). The largest absolute Gasteiger partial charge is 0.365 e. The van der Waals surface area contributed by atoms with Crippen molar-refractivity contribution in [3.8, 4) is 17.1 Å². The van der Waals surface area contributed by atoms with Crippen LogP contribution in [0.15, 0.2) is 65.8 Å². The van der Waals surface area contributed by atoms with Gasteiger partial charge in [0.25, 0.3) is 5.91 Å². The lowest BCUT2D eigenvalue weighted by molar-refractivity contribution is -0.115. The first-order valence-electron chi connectivity index (χ1n) is 11.5. The second-order valence-electron chi connectivity index (χ2n) is 8.37. The Balaban J connectivity index is 1.42. The van der Waals surface area contributed by atoms with E-state index in [1.807, 2.05) is 72.2 Å². The molecule has 2 heterocycles. The van der Waals surface area contributed by atoms with Gasteiger partial charge in [0.1, 0.15) is 5.00 Å². The van der Waals surface area contributed by atoms with E-state index < -0.39 is 11.2 Å². The molecule has 2 aromatic heterocycles. The number of thioether (sulfide) groups is 1. The Bertz CT molecular complexity index is 1370. The van der Waals surface area contributed by atoms with Crippen molar-refractivity contribution in [3.05, 3.63) is 76.7 Å². The fourth-order valence-corrected chi connectivity index (χ4v) is 6.44. The van der Waals surface area contributed by atoms with Crippen molar-refractivity contribution in [1.29, 1.82) is 0 Å². The molecule has 1 aliphatic rings. The van der Waals surface area contributed by atoms with Crippen LogP contribution in [0.3, 0.4) is 0 Å². The van der Waals surface area contributed by atoms with Crippen LogP contribution in [0.25, 0.3) is 17.1 Å². The number of aryl methyl sites for hydroxylation is 1. The number of hydrogen-bond acceptors (Lipinski definition) is 6. The number of nitrogens with two attached hydrogens (primary N) is 1. The molecule has 1 unspecified atom stereocenters. The van der Waals surface area contributed by atoms with Gasteiger partial charge in [-0.3, -0.25) is 14.2 Å². The summed E-state index contributed by atoms with van der Waals surface area (Å²) in [5, 5.41) is 12.5. The van der Waals surface area contributed by atoms with Crippen molar-refractivity contribution >= 4 is 39.9 Å². The number of hydrogen-bond donors (Lipinski definition) is 2. The zero-order valence-corrected chi connectivity index (χ0v) is 20.9. The zero-order valence-electron chi connectivity index (χ0n) is 19.2. The maximum Gasteiger partial charge on any atom is 0.251 e. The van der Waals surface area contributed by atoms with Gasteiger partial charge >= 0.3 is 0 Å². The predicted octanol–water partition coefficient (Wildman–Crippen LogP) is 5.09. The second-order valence-corrected chi connectivity index (χ2v) is 10.8. The minimum Gasteiger partial charge on any atom is -0.365 e. The number of primary amides is 1. The minimum absolute atomic E-state index is 0.208. The second kappa shape index (κ2) is 10.1. The van der Waals surface area contributed by atoms with Crippen molar-refractivity contribution in [2.75, 3.05) is 5.32 Å². The van der Waals surface area contributed by atoms with Crippen LogP contribution < -0.4 is 11.1 Å². The molecule has 2 amide bonds. The first-order valence-corrected chi connectivity index (χ1v) is 13.2. The van der Waals surface area contributed by atoms with Crippen LogP contribution in [0.5, 0.6) is 0 Å². The topological polar surface area (TPSA) is 103 Å². The number of nitrogens with zero attached hydrogens (tertiary/aromatic N) is 3. The molecule has 0 radical (unpaired) electrons. The molecule has 0 fully saturated rings. The van der Waals surface area contributed by atoms with Crippen molar-refractivity contribution in [2.45, 2.75) is 43.0 Å². The fraction of sp³-hybridized carbons (Fsp3) is 0.231. The molecule has 4 aromatic rings. The van der Waals surface area contributed by atoms with Gasteiger partial charge in [0.15, 0.2) is 11.0 Å². The van der Waals surface area contributed by atoms with E-state index in [2.05, 4.69) is 15.5 Å². The number of rotatable bonds is 7. The zero-order chi connectivity index (χ0) is 24.4. The van der Waals surface area contributed by atoms with Gasteiger partial charge in [-0.15, -0.1) is 21.5 Å². The third-order valence-corrected chi connectivity index (χ3v) is 8.24. The van der Waals surface area contributed by atoms with Crippen LogP contribution in [0.2, 0.25) is 0 Å². The Hall–Kier alpha value is -3.43. The lowest BCUT2D eigenvalue weighted by Gasteiger charge is -2.14. The maximum absolute atomic E-state index is 13.2. The van der Waals surface area contributed by atoms with Gasteiger partial charge in [0, 0.05) is 16.1 Å². The summed E-state index contributed by atoms with van der Waals surface area (Å²) >= 11 is 2.79. The number of benzene rings is 2. The van der Waals surface area contributed by atoms with E-state index >= 15 is 0 Å². The number of aromatic nitrogens is 3. The van der Waals surface area contributed by atoms with Crippen molar-refractivity contribution in [1.82, 2.24) is 14.8 Å². The highest BCUT2D eigenvalue weighted by molar-refractivity contribution is 8.00. The van der Waals surface area contributed by atoms with Gasteiger partial charge < -0.3 is 11.1 Å². The van der Waals surface area contributed by atoms with E-state index in [9.17, 15) is 9.59 Å². The van der Waals surface area contributed by atoms with E-state index in [1.54, 1.807) is 0 Å². The molecule has 1 aliphatic carbocycles. The Kier molecular flexibility index (Phi) is 6.70. The van der Waals surface area contributed by atoms with Crippen LogP contribution in [0.1, 0.15) is 40.6 Å². The predicted molar refractivity (Wildman–Crippen MR) is 140 cm³/mol. The number of fused-ring (bicyclic) bond motifs is 1. The van der Waals surface area contributed by atoms with Crippen LogP contribution in [0.4, 0.5) is 5.00 Å². The first-order chi connectivity index (χ1) is 17.0. The molecule has 3 N–H and O–H groups in total. The minimum atomic E-state index is -0.490. The highest BCUT2D eigenvalue weighted by Gasteiger charge is 2.27. The molecule has 0 bridgehead atoms. The van der Waals surface area contributed by atoms with Crippen LogP contribution in [-0.4, -0.2) is 31.8 Å². The van der Waals surface area contributed by atoms with Gasteiger partial charge in [0.05, 0.1) is 10.8 Å². The number of carbonyl (C=O) groups excluding carboxylic acids is 2. The highest BCUT2D eigenvalue weighted by atomic mass is 32.2. The summed E-state index contributed by atoms with van der Waals surface area (Å²) in [4.78, 5) is 26.5. The molecule has 7 nitrogen and oxygen atoms in total. The van der Waals surface area contributed by atoms with Crippen LogP contribution in [-0.2, 0) is 17.6 Å². The van der Waals surface area contributed by atoms with Gasteiger partial charge in [-0.25, -0.2) is 0 Å². The average molecular weight is 504 g/mol.